The fraction of sp³-hybridized carbons (Fsp3) is 0.500. The highest BCUT2D eigenvalue weighted by Crippen LogP contribution is 2.18. The zero-order chi connectivity index (χ0) is 11.5. The molecule has 1 aliphatic rings. The number of nitrogens with zero attached hydrogens (tertiary/aromatic N) is 2. The van der Waals surface area contributed by atoms with Gasteiger partial charge in [0.25, 0.3) is 0 Å². The van der Waals surface area contributed by atoms with Gasteiger partial charge in [-0.25, -0.2) is 9.97 Å². The summed E-state index contributed by atoms with van der Waals surface area (Å²) in [6, 6.07) is 2.15. The zero-order valence-corrected chi connectivity index (χ0v) is 9.71. The number of carbonyl (C=O) groups excluding carboxylic acids is 1. The van der Waals surface area contributed by atoms with Crippen LogP contribution in [0.15, 0.2) is 6.07 Å². The lowest BCUT2D eigenvalue weighted by Crippen LogP contribution is -2.30. The minimum Gasteiger partial charge on any atom is -0.306 e. The van der Waals surface area contributed by atoms with Gasteiger partial charge in [-0.15, -0.1) is 0 Å². The van der Waals surface area contributed by atoms with Gasteiger partial charge in [-0.1, -0.05) is 11.6 Å². The van der Waals surface area contributed by atoms with Crippen molar-refractivity contribution in [2.45, 2.75) is 25.8 Å². The van der Waals surface area contributed by atoms with Crippen LogP contribution in [0.5, 0.6) is 0 Å². The molecule has 1 aromatic rings. The molecular weight excluding hydrogens is 228 g/mol. The molecule has 1 saturated carbocycles. The lowest BCUT2D eigenvalue weighted by molar-refractivity contribution is -0.115. The number of rotatable bonds is 4. The van der Waals surface area contributed by atoms with Gasteiger partial charge in [0.1, 0.15) is 5.15 Å². The molecule has 0 radical (unpaired) electrons. The predicted octanol–water partition coefficient (Wildman–Crippen LogP) is 1.13. The number of anilines is 1. The first kappa shape index (κ1) is 11.3. The van der Waals surface area contributed by atoms with Crippen LogP contribution in [-0.4, -0.2) is 28.5 Å². The van der Waals surface area contributed by atoms with Crippen molar-refractivity contribution in [2.75, 3.05) is 11.9 Å². The van der Waals surface area contributed by atoms with Crippen LogP contribution in [0.1, 0.15) is 18.5 Å². The van der Waals surface area contributed by atoms with Crippen LogP contribution in [0.4, 0.5) is 5.95 Å². The van der Waals surface area contributed by atoms with Gasteiger partial charge in [0.05, 0.1) is 6.54 Å². The molecule has 0 atom stereocenters. The molecule has 1 fully saturated rings. The Kier molecular flexibility index (Phi) is 3.36. The maximum Gasteiger partial charge on any atom is 0.240 e. The lowest BCUT2D eigenvalue weighted by Gasteiger charge is -2.05. The molecule has 0 bridgehead atoms. The molecule has 2 N–H and O–H groups in total. The van der Waals surface area contributed by atoms with Crippen molar-refractivity contribution in [1.29, 1.82) is 0 Å². The average molecular weight is 241 g/mol. The van der Waals surface area contributed by atoms with Crippen molar-refractivity contribution in [3.05, 3.63) is 16.9 Å². The molecule has 86 valence electrons. The van der Waals surface area contributed by atoms with E-state index in [1.807, 2.05) is 0 Å². The van der Waals surface area contributed by atoms with Gasteiger partial charge in [0.2, 0.25) is 11.9 Å². The number of carbonyl (C=O) groups is 1. The SMILES string of the molecule is Cc1cc(Cl)nc(NC(=O)CNC2CC2)n1. The van der Waals surface area contributed by atoms with Crippen molar-refractivity contribution in [3.63, 3.8) is 0 Å². The van der Waals surface area contributed by atoms with E-state index in [2.05, 4.69) is 20.6 Å². The lowest BCUT2D eigenvalue weighted by atomic mass is 10.4. The molecule has 1 aromatic heterocycles. The van der Waals surface area contributed by atoms with Crippen LogP contribution in [0.2, 0.25) is 5.15 Å². The summed E-state index contributed by atoms with van der Waals surface area (Å²) in [5.41, 5.74) is 0.727. The van der Waals surface area contributed by atoms with Gasteiger partial charge in [0, 0.05) is 11.7 Å². The Hall–Kier alpha value is -1.20. The van der Waals surface area contributed by atoms with Gasteiger partial charge in [-0.05, 0) is 25.8 Å². The molecule has 0 unspecified atom stereocenters. The standard InChI is InChI=1S/C10H13ClN4O/c1-6-4-8(11)14-10(13-6)15-9(16)5-12-7-2-3-7/h4,7,12H,2-3,5H2,1H3,(H,13,14,15,16). The van der Waals surface area contributed by atoms with Gasteiger partial charge in [0.15, 0.2) is 0 Å². The largest absolute Gasteiger partial charge is 0.306 e. The first-order chi connectivity index (χ1) is 7.63. The summed E-state index contributed by atoms with van der Waals surface area (Å²) in [6.07, 6.45) is 2.31. The molecule has 1 amide bonds. The van der Waals surface area contributed by atoms with E-state index >= 15 is 0 Å². The van der Waals surface area contributed by atoms with E-state index < -0.39 is 0 Å². The number of amides is 1. The fourth-order valence-corrected chi connectivity index (χ4v) is 1.52. The Morgan fingerprint density at radius 3 is 2.94 bits per heavy atom. The Labute approximate surface area is 98.6 Å². The molecule has 6 heteroatoms. The summed E-state index contributed by atoms with van der Waals surface area (Å²) in [6.45, 7) is 2.09. The van der Waals surface area contributed by atoms with Crippen LogP contribution in [0.3, 0.4) is 0 Å². The molecular formula is C10H13ClN4O. The fourth-order valence-electron chi connectivity index (χ4n) is 1.28. The molecule has 16 heavy (non-hydrogen) atoms. The van der Waals surface area contributed by atoms with Crippen LogP contribution in [0, 0.1) is 6.92 Å². The number of aromatic nitrogens is 2. The number of aryl methyl sites for hydroxylation is 1. The smallest absolute Gasteiger partial charge is 0.240 e. The van der Waals surface area contributed by atoms with E-state index in [0.717, 1.165) is 18.5 Å². The maximum absolute atomic E-state index is 11.5. The first-order valence-corrected chi connectivity index (χ1v) is 5.56. The monoisotopic (exact) mass is 240 g/mol. The number of hydrogen-bond donors (Lipinski definition) is 2. The van der Waals surface area contributed by atoms with Gasteiger partial charge in [-0.2, -0.15) is 0 Å². The second-order valence-corrected chi connectivity index (χ2v) is 4.25. The van der Waals surface area contributed by atoms with E-state index in [-0.39, 0.29) is 11.9 Å². The summed E-state index contributed by atoms with van der Waals surface area (Å²) >= 11 is 5.75. The molecule has 1 heterocycles. The van der Waals surface area contributed by atoms with E-state index in [1.165, 1.54) is 0 Å². The third-order valence-electron chi connectivity index (χ3n) is 2.20. The molecule has 0 aliphatic heterocycles. The molecule has 5 nitrogen and oxygen atoms in total. The van der Waals surface area contributed by atoms with Crippen molar-refractivity contribution < 1.29 is 4.79 Å². The van der Waals surface area contributed by atoms with E-state index in [9.17, 15) is 4.79 Å². The summed E-state index contributed by atoms with van der Waals surface area (Å²) in [4.78, 5) is 19.4. The number of hydrogen-bond acceptors (Lipinski definition) is 4. The second-order valence-electron chi connectivity index (χ2n) is 3.86. The Bertz CT molecular complexity index is 386. The highest BCUT2D eigenvalue weighted by atomic mass is 35.5. The Morgan fingerprint density at radius 1 is 1.56 bits per heavy atom. The van der Waals surface area contributed by atoms with E-state index in [0.29, 0.717) is 17.7 Å². The Balaban J connectivity index is 1.88. The van der Waals surface area contributed by atoms with Crippen molar-refractivity contribution in [2.24, 2.45) is 0 Å². The molecule has 0 aromatic carbocycles. The topological polar surface area (TPSA) is 66.9 Å². The third-order valence-corrected chi connectivity index (χ3v) is 2.40. The van der Waals surface area contributed by atoms with Crippen molar-refractivity contribution in [3.8, 4) is 0 Å². The summed E-state index contributed by atoms with van der Waals surface area (Å²) in [5.74, 6) is 0.112. The molecule has 1 aliphatic carbocycles. The normalized spacial score (nSPS) is 14.9. The summed E-state index contributed by atoms with van der Waals surface area (Å²) in [7, 11) is 0. The summed E-state index contributed by atoms with van der Waals surface area (Å²) in [5, 5.41) is 6.04. The van der Waals surface area contributed by atoms with Crippen LogP contribution >= 0.6 is 11.6 Å². The van der Waals surface area contributed by atoms with Gasteiger partial charge >= 0.3 is 0 Å². The number of nitrogens with one attached hydrogen (secondary N) is 2. The van der Waals surface area contributed by atoms with Crippen LogP contribution < -0.4 is 10.6 Å². The van der Waals surface area contributed by atoms with Crippen LogP contribution in [0.25, 0.3) is 0 Å². The van der Waals surface area contributed by atoms with Crippen molar-refractivity contribution in [1.82, 2.24) is 15.3 Å². The highest BCUT2D eigenvalue weighted by Gasteiger charge is 2.21. The predicted molar refractivity (Wildman–Crippen MR) is 61.4 cm³/mol. The van der Waals surface area contributed by atoms with Gasteiger partial charge in [-0.3, -0.25) is 10.1 Å². The highest BCUT2D eigenvalue weighted by molar-refractivity contribution is 6.29. The average Bonchev–Trinajstić information content (AvgIpc) is 2.96. The van der Waals surface area contributed by atoms with Crippen molar-refractivity contribution >= 4 is 23.5 Å². The van der Waals surface area contributed by atoms with E-state index in [4.69, 9.17) is 11.6 Å². The number of halogens is 1. The summed E-state index contributed by atoms with van der Waals surface area (Å²) < 4.78 is 0. The minimum absolute atomic E-state index is 0.145. The Morgan fingerprint density at radius 2 is 2.31 bits per heavy atom. The zero-order valence-electron chi connectivity index (χ0n) is 8.96. The third kappa shape index (κ3) is 3.43. The quantitative estimate of drug-likeness (QED) is 0.775. The molecule has 0 spiro atoms. The minimum atomic E-state index is -0.145. The molecule has 2 rings (SSSR count). The second kappa shape index (κ2) is 4.76. The maximum atomic E-state index is 11.5. The van der Waals surface area contributed by atoms with E-state index in [1.54, 1.807) is 13.0 Å². The first-order valence-electron chi connectivity index (χ1n) is 5.18. The molecule has 0 saturated heterocycles. The van der Waals surface area contributed by atoms with Crippen LogP contribution in [-0.2, 0) is 4.79 Å². The van der Waals surface area contributed by atoms with Gasteiger partial charge < -0.3 is 5.32 Å².